The molecule has 4 heterocycles. The van der Waals surface area contributed by atoms with E-state index in [2.05, 4.69) is 20.6 Å². The number of carbonyl (C=O) groups is 8. The fourth-order valence-electron chi connectivity index (χ4n) is 10.1. The molecule has 0 spiro atoms. The van der Waals surface area contributed by atoms with Crippen LogP contribution in [-0.4, -0.2) is 164 Å². The number of H-pyrrole nitrogens is 2. The molecule has 8 atom stereocenters. The van der Waals surface area contributed by atoms with Crippen LogP contribution in [0, 0.1) is 11.6 Å². The van der Waals surface area contributed by atoms with E-state index < -0.39 is 119 Å². The minimum Gasteiger partial charge on any atom is -0.461 e. The van der Waals surface area contributed by atoms with E-state index >= 15 is 8.78 Å². The maximum atomic E-state index is 15.2. The Kier molecular flexibility index (Phi) is 18.6. The number of likely N-dealkylation sites (N-methyl/N-ethyl adjacent to an activating group) is 2. The molecule has 78 heavy (non-hydrogen) atoms. The van der Waals surface area contributed by atoms with E-state index in [4.69, 9.17) is 18.9 Å². The van der Waals surface area contributed by atoms with E-state index in [9.17, 15) is 38.4 Å². The summed E-state index contributed by atoms with van der Waals surface area (Å²) in [4.78, 5) is 120. The van der Waals surface area contributed by atoms with Crippen molar-refractivity contribution in [3.63, 3.8) is 0 Å². The standard InChI is InChI=1S/C56H76F2N8O12/c1-15-43(61-49(69)29(3)63(13)53(73)77-55(7,8)9)51(71)65-27-37(75-31(5)67)23-35(65)25-41-39-19-17-33(57)21-45(39)59-47(41)48-42(40-20-18-34(58)22-46(40)60-48)26-36-24-38(76-32(6)68)28-66(36)52(72)44(16-2)62-50(70)30(4)64(14)54(74)78-56(10,11)12/h17-22,29-30,35-38,43-44,59-60H,15-16,23-28H2,1-14H3,(H,61,69)(H,62,70)/t29-,30-,35-,36-,37-,38-,43-,44-/m0/s1. The molecule has 22 heteroatoms. The van der Waals surface area contributed by atoms with E-state index in [1.54, 1.807) is 77.3 Å². The molecule has 2 fully saturated rings. The summed E-state index contributed by atoms with van der Waals surface area (Å²) in [5.74, 6) is -4.34. The van der Waals surface area contributed by atoms with Gasteiger partial charge >= 0.3 is 24.1 Å². The number of aromatic nitrogens is 2. The van der Waals surface area contributed by atoms with Crippen LogP contribution in [0.3, 0.4) is 0 Å². The molecule has 0 unspecified atom stereocenters. The highest BCUT2D eigenvalue weighted by Crippen LogP contribution is 2.40. The monoisotopic (exact) mass is 1090 g/mol. The molecule has 0 saturated carbocycles. The summed E-state index contributed by atoms with van der Waals surface area (Å²) in [6.45, 7) is 19.2. The molecule has 2 saturated heterocycles. The van der Waals surface area contributed by atoms with Crippen molar-refractivity contribution in [2.45, 2.75) is 181 Å². The molecule has 2 aliphatic heterocycles. The van der Waals surface area contributed by atoms with Gasteiger partial charge in [-0.15, -0.1) is 0 Å². The summed E-state index contributed by atoms with van der Waals surface area (Å²) >= 11 is 0. The van der Waals surface area contributed by atoms with E-state index in [1.165, 1.54) is 66.1 Å². The molecule has 2 aromatic carbocycles. The lowest BCUT2D eigenvalue weighted by atomic mass is 9.94. The van der Waals surface area contributed by atoms with Gasteiger partial charge in [0.25, 0.3) is 0 Å². The Morgan fingerprint density at radius 1 is 0.628 bits per heavy atom. The second-order valence-corrected chi connectivity index (χ2v) is 22.4. The van der Waals surface area contributed by atoms with Gasteiger partial charge in [-0.25, -0.2) is 18.4 Å². The van der Waals surface area contributed by atoms with Gasteiger partial charge < -0.3 is 49.3 Å². The van der Waals surface area contributed by atoms with Crippen LogP contribution in [-0.2, 0) is 60.6 Å². The first-order valence-corrected chi connectivity index (χ1v) is 26.5. The smallest absolute Gasteiger partial charge is 0.410 e. The molecular weight excluding hydrogens is 1010 g/mol. The number of hydrogen-bond acceptors (Lipinski definition) is 12. The molecule has 426 valence electrons. The van der Waals surface area contributed by atoms with Gasteiger partial charge in [-0.3, -0.25) is 38.6 Å². The lowest BCUT2D eigenvalue weighted by Gasteiger charge is -2.31. The summed E-state index contributed by atoms with van der Waals surface area (Å²) in [5, 5.41) is 6.80. The number of fused-ring (bicyclic) bond motifs is 2. The number of esters is 2. The summed E-state index contributed by atoms with van der Waals surface area (Å²) in [6.07, 6.45) is -2.00. The molecular formula is C56H76F2N8O12. The minimum atomic E-state index is -1.06. The average molecular weight is 1090 g/mol. The van der Waals surface area contributed by atoms with Crippen molar-refractivity contribution in [2.75, 3.05) is 27.2 Å². The first-order valence-electron chi connectivity index (χ1n) is 26.5. The van der Waals surface area contributed by atoms with Crippen molar-refractivity contribution in [3.8, 4) is 11.4 Å². The first kappa shape index (κ1) is 60.0. The number of benzene rings is 2. The number of rotatable bonds is 17. The molecule has 4 aromatic rings. The molecule has 2 aliphatic rings. The van der Waals surface area contributed by atoms with Gasteiger partial charge in [0.05, 0.1) is 24.5 Å². The lowest BCUT2D eigenvalue weighted by molar-refractivity contribution is -0.147. The highest BCUT2D eigenvalue weighted by Gasteiger charge is 2.43. The third-order valence-corrected chi connectivity index (χ3v) is 14.2. The fourth-order valence-corrected chi connectivity index (χ4v) is 10.1. The SMILES string of the molecule is CC[C@H](NC(=O)[C@H](C)N(C)C(=O)OC(C)(C)C)C(=O)N1C[C@@H](OC(C)=O)C[C@H]1Cc1c(-c2[nH]c3cc(F)ccc3c2C[C@@H]2C[C@H](OC(C)=O)CN2C(=O)[C@H](CC)NC(=O)[C@H](C)N(C)C(=O)OC(C)(C)C)[nH]c2cc(F)ccc12. The number of nitrogens with zero attached hydrogens (tertiary/aromatic N) is 4. The summed E-state index contributed by atoms with van der Waals surface area (Å²) < 4.78 is 52.7. The number of halogens is 2. The number of carbonyl (C=O) groups excluding carboxylic acids is 8. The number of ether oxygens (including phenoxy) is 4. The third-order valence-electron chi connectivity index (χ3n) is 14.2. The summed E-state index contributed by atoms with van der Waals surface area (Å²) in [5.41, 5.74) is 1.29. The van der Waals surface area contributed by atoms with Crippen LogP contribution in [0.15, 0.2) is 36.4 Å². The Bertz CT molecular complexity index is 2730. The molecule has 0 bridgehead atoms. The van der Waals surface area contributed by atoms with Gasteiger partial charge in [0.1, 0.15) is 59.2 Å². The van der Waals surface area contributed by atoms with Crippen LogP contribution in [0.5, 0.6) is 0 Å². The van der Waals surface area contributed by atoms with E-state index in [0.29, 0.717) is 44.3 Å². The Labute approximate surface area is 453 Å². The summed E-state index contributed by atoms with van der Waals surface area (Å²) in [6, 6.07) is 2.98. The van der Waals surface area contributed by atoms with Crippen molar-refractivity contribution in [1.82, 2.24) is 40.2 Å². The largest absolute Gasteiger partial charge is 0.461 e. The predicted octanol–water partition coefficient (Wildman–Crippen LogP) is 7.05. The van der Waals surface area contributed by atoms with Crippen molar-refractivity contribution >= 4 is 69.6 Å². The van der Waals surface area contributed by atoms with Crippen molar-refractivity contribution in [2.24, 2.45) is 0 Å². The van der Waals surface area contributed by atoms with Gasteiger partial charge in [0.2, 0.25) is 23.6 Å². The highest BCUT2D eigenvalue weighted by atomic mass is 19.1. The Hall–Kier alpha value is -7.26. The van der Waals surface area contributed by atoms with Gasteiger partial charge in [0, 0.05) is 74.7 Å². The quantitative estimate of drug-likeness (QED) is 0.0615. The topological polar surface area (TPSA) is 242 Å². The van der Waals surface area contributed by atoms with E-state index in [0.717, 1.165) is 9.80 Å². The van der Waals surface area contributed by atoms with Crippen molar-refractivity contribution in [1.29, 1.82) is 0 Å². The molecule has 4 N–H and O–H groups in total. The third kappa shape index (κ3) is 14.3. The molecule has 6 amide bonds. The second-order valence-electron chi connectivity index (χ2n) is 22.4. The van der Waals surface area contributed by atoms with E-state index in [-0.39, 0.29) is 51.6 Å². The fraction of sp³-hybridized carbons (Fsp3) is 0.571. The van der Waals surface area contributed by atoms with Gasteiger partial charge in [-0.2, -0.15) is 0 Å². The predicted molar refractivity (Wildman–Crippen MR) is 286 cm³/mol. The molecule has 20 nitrogen and oxygen atoms in total. The maximum absolute atomic E-state index is 15.2. The van der Waals surface area contributed by atoms with Crippen LogP contribution in [0.4, 0.5) is 18.4 Å². The number of aromatic amines is 2. The van der Waals surface area contributed by atoms with Crippen molar-refractivity contribution < 1.29 is 66.1 Å². The van der Waals surface area contributed by atoms with Gasteiger partial charge in [-0.1, -0.05) is 13.8 Å². The Morgan fingerprint density at radius 3 is 1.28 bits per heavy atom. The van der Waals surface area contributed by atoms with Crippen LogP contribution < -0.4 is 10.6 Å². The highest BCUT2D eigenvalue weighted by molar-refractivity contribution is 5.97. The molecule has 0 aliphatic carbocycles. The minimum absolute atomic E-state index is 0.0142. The number of amides is 6. The Balaban J connectivity index is 1.38. The van der Waals surface area contributed by atoms with Crippen molar-refractivity contribution in [3.05, 3.63) is 59.2 Å². The zero-order valence-corrected chi connectivity index (χ0v) is 47.2. The van der Waals surface area contributed by atoms with Gasteiger partial charge in [0.15, 0.2) is 0 Å². The van der Waals surface area contributed by atoms with Crippen LogP contribution in [0.2, 0.25) is 0 Å². The number of likely N-dealkylation sites (tertiary alicyclic amines) is 2. The molecule has 2 aromatic heterocycles. The van der Waals surface area contributed by atoms with Crippen LogP contribution in [0.1, 0.15) is 120 Å². The number of nitrogens with one attached hydrogen (secondary N) is 4. The average Bonchev–Trinajstić information content (AvgIpc) is 4.21. The van der Waals surface area contributed by atoms with E-state index in [1.807, 2.05) is 0 Å². The van der Waals surface area contributed by atoms with Crippen LogP contribution >= 0.6 is 0 Å². The maximum Gasteiger partial charge on any atom is 0.410 e. The first-order chi connectivity index (χ1) is 36.4. The normalized spacial score (nSPS) is 19.2. The zero-order chi connectivity index (χ0) is 57.9. The molecule has 6 rings (SSSR count). The number of hydrogen-bond donors (Lipinski definition) is 4. The second kappa shape index (κ2) is 24.2. The molecule has 0 radical (unpaired) electrons. The Morgan fingerprint density at radius 2 is 0.974 bits per heavy atom. The summed E-state index contributed by atoms with van der Waals surface area (Å²) in [7, 11) is 2.85. The lowest BCUT2D eigenvalue weighted by Crippen LogP contribution is -2.55. The van der Waals surface area contributed by atoms with Gasteiger partial charge in [-0.05, 0) is 129 Å². The van der Waals surface area contributed by atoms with Crippen LogP contribution in [0.25, 0.3) is 33.2 Å². The zero-order valence-electron chi connectivity index (χ0n) is 47.2.